The lowest BCUT2D eigenvalue weighted by Gasteiger charge is -2.09. The first kappa shape index (κ1) is 13.5. The van der Waals surface area contributed by atoms with E-state index in [1.165, 1.54) is 10.5 Å². The molecule has 2 aromatic heterocycles. The Balaban J connectivity index is 2.49. The number of aromatic nitrogens is 1. The molecular formula is C15H15NO5. The van der Waals surface area contributed by atoms with Crippen LogP contribution in [0.1, 0.15) is 24.6 Å². The Kier molecular flexibility index (Phi) is 3.10. The van der Waals surface area contributed by atoms with E-state index in [2.05, 4.69) is 0 Å². The molecule has 3 aromatic rings. The molecule has 0 bridgehead atoms. The van der Waals surface area contributed by atoms with Crippen LogP contribution in [0.25, 0.3) is 16.7 Å². The number of phenolic OH excluding ortho intramolecular Hbond substituents is 2. The first-order chi connectivity index (χ1) is 10.1. The lowest BCUT2D eigenvalue weighted by atomic mass is 10.0. The molecule has 0 atom stereocenters. The molecule has 0 radical (unpaired) electrons. The monoisotopic (exact) mass is 289 g/mol. The second kappa shape index (κ2) is 4.82. The van der Waals surface area contributed by atoms with Crippen LogP contribution in [0, 0.1) is 0 Å². The summed E-state index contributed by atoms with van der Waals surface area (Å²) < 4.78 is 6.75. The molecule has 0 saturated carbocycles. The maximum Gasteiger partial charge on any atom is 0.272 e. The summed E-state index contributed by atoms with van der Waals surface area (Å²) in [7, 11) is 0. The summed E-state index contributed by atoms with van der Waals surface area (Å²) in [5, 5.41) is 29.6. The van der Waals surface area contributed by atoms with Crippen LogP contribution < -0.4 is 5.56 Å². The van der Waals surface area contributed by atoms with Crippen LogP contribution in [-0.2, 0) is 13.0 Å². The van der Waals surface area contributed by atoms with Crippen molar-refractivity contribution in [3.05, 3.63) is 39.8 Å². The van der Waals surface area contributed by atoms with Crippen molar-refractivity contribution in [1.82, 2.24) is 4.40 Å². The van der Waals surface area contributed by atoms with Crippen LogP contribution in [0.2, 0.25) is 0 Å². The SMILES string of the molecule is CCCc1c(O)cc2oc3ccc(CO)n3c(=O)c2c1O. The molecule has 1 aromatic carbocycles. The van der Waals surface area contributed by atoms with Crippen LogP contribution in [0.5, 0.6) is 11.5 Å². The highest BCUT2D eigenvalue weighted by Crippen LogP contribution is 2.35. The molecule has 21 heavy (non-hydrogen) atoms. The quantitative estimate of drug-likeness (QED) is 0.684. The van der Waals surface area contributed by atoms with Gasteiger partial charge in [0, 0.05) is 17.7 Å². The lowest BCUT2D eigenvalue weighted by Crippen LogP contribution is -2.15. The van der Waals surface area contributed by atoms with Gasteiger partial charge in [-0.15, -0.1) is 0 Å². The topological polar surface area (TPSA) is 95.3 Å². The Labute approximate surface area is 119 Å². The fourth-order valence-corrected chi connectivity index (χ4v) is 2.57. The zero-order chi connectivity index (χ0) is 15.1. The third kappa shape index (κ3) is 1.87. The average molecular weight is 289 g/mol. The highest BCUT2D eigenvalue weighted by molar-refractivity contribution is 5.87. The van der Waals surface area contributed by atoms with Crippen molar-refractivity contribution < 1.29 is 19.7 Å². The largest absolute Gasteiger partial charge is 0.507 e. The number of aromatic hydroxyl groups is 2. The Bertz CT molecular complexity index is 891. The molecule has 2 heterocycles. The number of rotatable bonds is 3. The van der Waals surface area contributed by atoms with Crippen LogP contribution in [0.3, 0.4) is 0 Å². The summed E-state index contributed by atoms with van der Waals surface area (Å²) in [5.41, 5.74) is 0.596. The third-order valence-corrected chi connectivity index (χ3v) is 3.57. The van der Waals surface area contributed by atoms with Gasteiger partial charge >= 0.3 is 0 Å². The van der Waals surface area contributed by atoms with Gasteiger partial charge in [0.05, 0.1) is 12.3 Å². The van der Waals surface area contributed by atoms with E-state index in [1.54, 1.807) is 12.1 Å². The van der Waals surface area contributed by atoms with Gasteiger partial charge in [-0.25, -0.2) is 4.40 Å². The predicted molar refractivity (Wildman–Crippen MR) is 76.7 cm³/mol. The summed E-state index contributed by atoms with van der Waals surface area (Å²) in [4.78, 5) is 12.6. The molecule has 3 rings (SSSR count). The molecule has 6 heteroatoms. The number of nitrogens with zero attached hydrogens (tertiary/aromatic N) is 1. The number of aliphatic hydroxyl groups excluding tert-OH is 1. The van der Waals surface area contributed by atoms with Gasteiger partial charge in [0.25, 0.3) is 5.56 Å². The minimum atomic E-state index is -0.477. The van der Waals surface area contributed by atoms with Gasteiger partial charge in [-0.3, -0.25) is 4.79 Å². The van der Waals surface area contributed by atoms with E-state index in [1.807, 2.05) is 6.92 Å². The van der Waals surface area contributed by atoms with E-state index in [4.69, 9.17) is 4.42 Å². The molecule has 110 valence electrons. The fraction of sp³-hybridized carbons (Fsp3) is 0.267. The normalized spacial score (nSPS) is 11.5. The van der Waals surface area contributed by atoms with E-state index in [0.29, 0.717) is 24.1 Å². The highest BCUT2D eigenvalue weighted by Gasteiger charge is 2.19. The standard InChI is InChI=1S/C15H15NO5/c1-2-3-9-10(18)6-11-13(14(9)19)15(20)16-8(7-17)4-5-12(16)21-11/h4-6,17-19H,2-3,7H2,1H3. The molecule has 6 nitrogen and oxygen atoms in total. The van der Waals surface area contributed by atoms with Crippen LogP contribution >= 0.6 is 0 Å². The van der Waals surface area contributed by atoms with Crippen molar-refractivity contribution in [3.63, 3.8) is 0 Å². The maximum atomic E-state index is 12.6. The van der Waals surface area contributed by atoms with Gasteiger partial charge in [-0.05, 0) is 12.5 Å². The second-order valence-corrected chi connectivity index (χ2v) is 4.91. The predicted octanol–water partition coefficient (Wildman–Crippen LogP) is 1.90. The van der Waals surface area contributed by atoms with Crippen molar-refractivity contribution in [2.45, 2.75) is 26.4 Å². The van der Waals surface area contributed by atoms with E-state index >= 15 is 0 Å². The zero-order valence-electron chi connectivity index (χ0n) is 11.5. The fourth-order valence-electron chi connectivity index (χ4n) is 2.57. The van der Waals surface area contributed by atoms with Crippen LogP contribution in [-0.4, -0.2) is 19.7 Å². The van der Waals surface area contributed by atoms with E-state index in [-0.39, 0.29) is 34.8 Å². The summed E-state index contributed by atoms with van der Waals surface area (Å²) >= 11 is 0. The molecule has 3 N–H and O–H groups in total. The summed E-state index contributed by atoms with van der Waals surface area (Å²) in [5.74, 6) is -0.358. The number of hydrogen-bond acceptors (Lipinski definition) is 5. The molecule has 0 saturated heterocycles. The first-order valence-electron chi connectivity index (χ1n) is 6.70. The van der Waals surface area contributed by atoms with Crippen molar-refractivity contribution in [1.29, 1.82) is 0 Å². The van der Waals surface area contributed by atoms with Gasteiger partial charge in [0.15, 0.2) is 0 Å². The minimum absolute atomic E-state index is 0.00894. The Morgan fingerprint density at radius 3 is 2.71 bits per heavy atom. The molecule has 0 amide bonds. The second-order valence-electron chi connectivity index (χ2n) is 4.91. The van der Waals surface area contributed by atoms with Crippen molar-refractivity contribution in [2.75, 3.05) is 0 Å². The molecular weight excluding hydrogens is 274 g/mol. The third-order valence-electron chi connectivity index (χ3n) is 3.57. The van der Waals surface area contributed by atoms with E-state index < -0.39 is 5.56 Å². The van der Waals surface area contributed by atoms with Crippen LogP contribution in [0.15, 0.2) is 27.4 Å². The molecule has 0 fully saturated rings. The summed E-state index contributed by atoms with van der Waals surface area (Å²) in [6.45, 7) is 1.59. The molecule has 0 aliphatic carbocycles. The number of phenols is 2. The number of hydrogen-bond donors (Lipinski definition) is 3. The first-order valence-corrected chi connectivity index (χ1v) is 6.70. The molecule has 0 aliphatic rings. The Morgan fingerprint density at radius 1 is 1.29 bits per heavy atom. The molecule has 0 spiro atoms. The van der Waals surface area contributed by atoms with Gasteiger partial charge < -0.3 is 19.7 Å². The number of benzene rings is 1. The molecule has 0 unspecified atom stereocenters. The van der Waals surface area contributed by atoms with Gasteiger partial charge in [-0.1, -0.05) is 13.3 Å². The Morgan fingerprint density at radius 2 is 2.05 bits per heavy atom. The van der Waals surface area contributed by atoms with Gasteiger partial charge in [0.1, 0.15) is 22.5 Å². The average Bonchev–Trinajstić information content (AvgIpc) is 2.86. The van der Waals surface area contributed by atoms with E-state index in [9.17, 15) is 20.1 Å². The maximum absolute atomic E-state index is 12.6. The van der Waals surface area contributed by atoms with Crippen molar-refractivity contribution >= 4 is 16.7 Å². The lowest BCUT2D eigenvalue weighted by molar-refractivity contribution is 0.275. The number of aliphatic hydroxyl groups is 1. The smallest absolute Gasteiger partial charge is 0.272 e. The van der Waals surface area contributed by atoms with Gasteiger partial charge in [-0.2, -0.15) is 0 Å². The van der Waals surface area contributed by atoms with Gasteiger partial charge in [0.2, 0.25) is 5.71 Å². The number of fused-ring (bicyclic) bond motifs is 2. The Hall–Kier alpha value is -2.47. The minimum Gasteiger partial charge on any atom is -0.507 e. The van der Waals surface area contributed by atoms with Crippen molar-refractivity contribution in [3.8, 4) is 11.5 Å². The van der Waals surface area contributed by atoms with Crippen molar-refractivity contribution in [2.24, 2.45) is 0 Å². The van der Waals surface area contributed by atoms with E-state index in [0.717, 1.165) is 0 Å². The van der Waals surface area contributed by atoms with Crippen LogP contribution in [0.4, 0.5) is 0 Å². The summed E-state index contributed by atoms with van der Waals surface area (Å²) in [6, 6.07) is 4.47. The zero-order valence-corrected chi connectivity index (χ0v) is 11.5. The summed E-state index contributed by atoms with van der Waals surface area (Å²) in [6.07, 6.45) is 1.16. The highest BCUT2D eigenvalue weighted by atomic mass is 16.3. The molecule has 0 aliphatic heterocycles.